The van der Waals surface area contributed by atoms with Gasteiger partial charge >= 0.3 is 0 Å². The molecule has 5 heteroatoms. The molecule has 0 unspecified atom stereocenters. The highest BCUT2D eigenvalue weighted by Gasteiger charge is 2.21. The van der Waals surface area contributed by atoms with E-state index >= 15 is 0 Å². The van der Waals surface area contributed by atoms with E-state index in [9.17, 15) is 8.42 Å². The van der Waals surface area contributed by atoms with Crippen LogP contribution in [0.4, 0.5) is 0 Å². The Morgan fingerprint density at radius 2 is 2.00 bits per heavy atom. The second-order valence-electron chi connectivity index (χ2n) is 3.41. The van der Waals surface area contributed by atoms with E-state index in [2.05, 4.69) is 5.32 Å². The quantitative estimate of drug-likeness (QED) is 0.652. The summed E-state index contributed by atoms with van der Waals surface area (Å²) in [7, 11) is 0.192. The maximum atomic E-state index is 11.3. The Balaban J connectivity index is 2.29. The van der Waals surface area contributed by atoms with Crippen LogP contribution in [0.15, 0.2) is 0 Å². The molecule has 0 aromatic rings. The first kappa shape index (κ1) is 9.95. The maximum Gasteiger partial charge on any atom is 0.213 e. The number of hydrogen-bond donors (Lipinski definition) is 1. The molecule has 0 amide bonds. The van der Waals surface area contributed by atoms with E-state index in [1.807, 2.05) is 0 Å². The van der Waals surface area contributed by atoms with Gasteiger partial charge in [0.15, 0.2) is 0 Å². The topological polar surface area (TPSA) is 49.4 Å². The lowest BCUT2D eigenvalue weighted by molar-refractivity contribution is 0.337. The average molecular weight is 192 g/mol. The second kappa shape index (κ2) is 3.72. The fraction of sp³-hybridized carbons (Fsp3) is 1.00. The zero-order valence-corrected chi connectivity index (χ0v) is 8.39. The molecule has 1 aliphatic rings. The number of rotatable bonds is 4. The summed E-state index contributed by atoms with van der Waals surface area (Å²) < 4.78 is 23.9. The standard InChI is InChI=1S/C7H16N2O2S/c1-9(2)12(10,11)4-3-7-5-8-6-7/h7-8H,3-6H2,1-2H3. The smallest absolute Gasteiger partial charge is 0.213 e. The lowest BCUT2D eigenvalue weighted by Gasteiger charge is -2.27. The van der Waals surface area contributed by atoms with Crippen molar-refractivity contribution in [2.24, 2.45) is 5.92 Å². The summed E-state index contributed by atoms with van der Waals surface area (Å²) in [4.78, 5) is 0. The average Bonchev–Trinajstić information content (AvgIpc) is 1.83. The van der Waals surface area contributed by atoms with Gasteiger partial charge in [0, 0.05) is 14.1 Å². The fourth-order valence-corrected chi connectivity index (χ4v) is 2.05. The molecule has 4 nitrogen and oxygen atoms in total. The van der Waals surface area contributed by atoms with Crippen LogP contribution in [0.3, 0.4) is 0 Å². The monoisotopic (exact) mass is 192 g/mol. The Hall–Kier alpha value is -0.130. The highest BCUT2D eigenvalue weighted by molar-refractivity contribution is 7.89. The first-order valence-corrected chi connectivity index (χ1v) is 5.74. The Bertz CT molecular complexity index is 232. The number of nitrogens with zero attached hydrogens (tertiary/aromatic N) is 1. The van der Waals surface area contributed by atoms with Crippen LogP contribution in [0.5, 0.6) is 0 Å². The van der Waals surface area contributed by atoms with Crippen LogP contribution in [0.25, 0.3) is 0 Å². The summed E-state index contributed by atoms with van der Waals surface area (Å²) >= 11 is 0. The van der Waals surface area contributed by atoms with Gasteiger partial charge in [-0.1, -0.05) is 0 Å². The van der Waals surface area contributed by atoms with Crippen molar-refractivity contribution < 1.29 is 8.42 Å². The molecular formula is C7H16N2O2S. The molecule has 0 spiro atoms. The van der Waals surface area contributed by atoms with Crippen LogP contribution in [-0.4, -0.2) is 45.7 Å². The summed E-state index contributed by atoms with van der Waals surface area (Å²) in [5.41, 5.74) is 0. The molecule has 0 bridgehead atoms. The Morgan fingerprint density at radius 1 is 1.42 bits per heavy atom. The molecule has 0 aromatic carbocycles. The zero-order valence-electron chi connectivity index (χ0n) is 7.58. The minimum Gasteiger partial charge on any atom is -0.316 e. The van der Waals surface area contributed by atoms with Crippen molar-refractivity contribution in [3.05, 3.63) is 0 Å². The van der Waals surface area contributed by atoms with Crippen molar-refractivity contribution in [1.82, 2.24) is 9.62 Å². The van der Waals surface area contributed by atoms with Crippen molar-refractivity contribution in [2.75, 3.05) is 32.9 Å². The normalized spacial score (nSPS) is 19.6. The predicted octanol–water partition coefficient (Wildman–Crippen LogP) is -0.513. The van der Waals surface area contributed by atoms with Crippen LogP contribution >= 0.6 is 0 Å². The van der Waals surface area contributed by atoms with E-state index in [0.717, 1.165) is 19.5 Å². The zero-order chi connectivity index (χ0) is 9.19. The molecule has 12 heavy (non-hydrogen) atoms. The van der Waals surface area contributed by atoms with Gasteiger partial charge in [0.05, 0.1) is 5.75 Å². The molecule has 0 aromatic heterocycles. The predicted molar refractivity (Wildman–Crippen MR) is 48.5 cm³/mol. The number of nitrogens with one attached hydrogen (secondary N) is 1. The summed E-state index contributed by atoms with van der Waals surface area (Å²) in [5.74, 6) is 0.853. The minimum atomic E-state index is -2.96. The third-order valence-electron chi connectivity index (χ3n) is 2.21. The van der Waals surface area contributed by atoms with E-state index in [1.165, 1.54) is 4.31 Å². The van der Waals surface area contributed by atoms with E-state index in [0.29, 0.717) is 5.92 Å². The highest BCUT2D eigenvalue weighted by atomic mass is 32.2. The van der Waals surface area contributed by atoms with Crippen molar-refractivity contribution >= 4 is 10.0 Å². The maximum absolute atomic E-state index is 11.3. The summed E-state index contributed by atoms with van der Waals surface area (Å²) in [5, 5.41) is 3.12. The highest BCUT2D eigenvalue weighted by Crippen LogP contribution is 2.10. The number of sulfonamides is 1. The van der Waals surface area contributed by atoms with Crippen molar-refractivity contribution in [1.29, 1.82) is 0 Å². The first-order chi connectivity index (χ1) is 5.52. The van der Waals surface area contributed by atoms with Gasteiger partial charge in [0.25, 0.3) is 0 Å². The van der Waals surface area contributed by atoms with Crippen LogP contribution in [0.2, 0.25) is 0 Å². The van der Waals surface area contributed by atoms with E-state index in [1.54, 1.807) is 14.1 Å². The molecule has 1 N–H and O–H groups in total. The van der Waals surface area contributed by atoms with Crippen LogP contribution < -0.4 is 5.32 Å². The molecular weight excluding hydrogens is 176 g/mol. The first-order valence-electron chi connectivity index (χ1n) is 4.13. The van der Waals surface area contributed by atoms with Crippen LogP contribution in [-0.2, 0) is 10.0 Å². The molecule has 1 fully saturated rings. The summed E-state index contributed by atoms with van der Waals surface area (Å²) in [6.45, 7) is 1.95. The Morgan fingerprint density at radius 3 is 2.33 bits per heavy atom. The van der Waals surface area contributed by atoms with Crippen molar-refractivity contribution in [3.63, 3.8) is 0 Å². The van der Waals surface area contributed by atoms with Crippen LogP contribution in [0, 0.1) is 5.92 Å². The Kier molecular flexibility index (Phi) is 3.09. The van der Waals surface area contributed by atoms with Gasteiger partial charge in [-0.25, -0.2) is 12.7 Å². The summed E-state index contributed by atoms with van der Waals surface area (Å²) in [6, 6.07) is 0. The Labute approximate surface area is 74.0 Å². The molecule has 0 saturated carbocycles. The molecule has 0 radical (unpaired) electrons. The lowest BCUT2D eigenvalue weighted by Crippen LogP contribution is -2.43. The summed E-state index contributed by atoms with van der Waals surface area (Å²) in [6.07, 6.45) is 0.785. The van der Waals surface area contributed by atoms with E-state index < -0.39 is 10.0 Å². The lowest BCUT2D eigenvalue weighted by atomic mass is 10.0. The van der Waals surface area contributed by atoms with Crippen LogP contribution in [0.1, 0.15) is 6.42 Å². The molecule has 1 rings (SSSR count). The second-order valence-corrected chi connectivity index (χ2v) is 5.71. The third-order valence-corrected chi connectivity index (χ3v) is 4.07. The molecule has 0 atom stereocenters. The van der Waals surface area contributed by atoms with Gasteiger partial charge in [0.2, 0.25) is 10.0 Å². The molecule has 1 saturated heterocycles. The van der Waals surface area contributed by atoms with Gasteiger partial charge < -0.3 is 5.32 Å². The van der Waals surface area contributed by atoms with Gasteiger partial charge in [-0.2, -0.15) is 0 Å². The van der Waals surface area contributed by atoms with E-state index in [-0.39, 0.29) is 5.75 Å². The fourth-order valence-electron chi connectivity index (χ4n) is 1.05. The molecule has 0 aliphatic carbocycles. The van der Waals surface area contributed by atoms with Gasteiger partial charge in [-0.3, -0.25) is 0 Å². The third kappa shape index (κ3) is 2.43. The van der Waals surface area contributed by atoms with Gasteiger partial charge in [0.1, 0.15) is 0 Å². The van der Waals surface area contributed by atoms with Crippen molar-refractivity contribution in [3.8, 4) is 0 Å². The van der Waals surface area contributed by atoms with Gasteiger partial charge in [-0.15, -0.1) is 0 Å². The SMILES string of the molecule is CN(C)S(=O)(=O)CCC1CNC1. The molecule has 72 valence electrons. The molecule has 1 heterocycles. The van der Waals surface area contributed by atoms with Gasteiger partial charge in [-0.05, 0) is 25.4 Å². The van der Waals surface area contributed by atoms with Crippen molar-refractivity contribution in [2.45, 2.75) is 6.42 Å². The number of hydrogen-bond acceptors (Lipinski definition) is 3. The molecule has 1 aliphatic heterocycles. The largest absolute Gasteiger partial charge is 0.316 e. The van der Waals surface area contributed by atoms with E-state index in [4.69, 9.17) is 0 Å². The minimum absolute atomic E-state index is 0.284.